The summed E-state index contributed by atoms with van der Waals surface area (Å²) >= 11 is 0. The van der Waals surface area contributed by atoms with Gasteiger partial charge in [0.15, 0.2) is 0 Å². The molecule has 3 N–H and O–H groups in total. The molecule has 1 aliphatic heterocycles. The summed E-state index contributed by atoms with van der Waals surface area (Å²) in [7, 11) is 0. The Kier molecular flexibility index (Phi) is 3.24. The average Bonchev–Trinajstić information content (AvgIpc) is 2.48. The Morgan fingerprint density at radius 2 is 2.05 bits per heavy atom. The van der Waals surface area contributed by atoms with Crippen LogP contribution in [0.1, 0.15) is 0 Å². The highest BCUT2D eigenvalue weighted by atomic mass is 15.2. The van der Waals surface area contributed by atoms with Gasteiger partial charge in [0.1, 0.15) is 5.82 Å². The van der Waals surface area contributed by atoms with E-state index < -0.39 is 0 Å². The van der Waals surface area contributed by atoms with Gasteiger partial charge in [0.25, 0.3) is 0 Å². The van der Waals surface area contributed by atoms with Gasteiger partial charge in [-0.05, 0) is 12.1 Å². The smallest absolute Gasteiger partial charge is 0.222 e. The molecule has 6 heteroatoms. The number of hydrogen-bond donors (Lipinski definition) is 2. The minimum absolute atomic E-state index is 0.301. The fourth-order valence-corrected chi connectivity index (χ4v) is 2.17. The minimum atomic E-state index is 0.301. The number of hydrogen-bond acceptors (Lipinski definition) is 6. The lowest BCUT2D eigenvalue weighted by Gasteiger charge is -2.28. The topological polar surface area (TPSA) is 80.0 Å². The second-order valence-electron chi connectivity index (χ2n) is 4.45. The van der Waals surface area contributed by atoms with Gasteiger partial charge in [-0.3, -0.25) is 4.98 Å². The second kappa shape index (κ2) is 5.19. The van der Waals surface area contributed by atoms with Crippen molar-refractivity contribution in [2.24, 2.45) is 0 Å². The molecule has 0 saturated carbocycles. The van der Waals surface area contributed by atoms with Gasteiger partial charge in [-0.1, -0.05) is 0 Å². The van der Waals surface area contributed by atoms with Crippen LogP contribution in [0.4, 0.5) is 11.8 Å². The molecule has 0 amide bonds. The molecule has 1 saturated heterocycles. The molecule has 0 bridgehead atoms. The molecule has 98 valence electrons. The number of anilines is 2. The molecule has 6 nitrogen and oxygen atoms in total. The number of nitrogens with one attached hydrogen (secondary N) is 1. The van der Waals surface area contributed by atoms with Gasteiger partial charge in [0.05, 0.1) is 5.69 Å². The normalized spacial score (nSPS) is 15.5. The van der Waals surface area contributed by atoms with Gasteiger partial charge in [0.2, 0.25) is 5.95 Å². The molecule has 0 radical (unpaired) electrons. The summed E-state index contributed by atoms with van der Waals surface area (Å²) in [5, 5.41) is 3.32. The van der Waals surface area contributed by atoms with E-state index >= 15 is 0 Å². The van der Waals surface area contributed by atoms with E-state index in [1.54, 1.807) is 12.4 Å². The monoisotopic (exact) mass is 256 g/mol. The molecule has 1 aliphatic rings. The van der Waals surface area contributed by atoms with E-state index in [2.05, 4.69) is 25.2 Å². The third-order valence-corrected chi connectivity index (χ3v) is 3.13. The van der Waals surface area contributed by atoms with Crippen LogP contribution >= 0.6 is 0 Å². The maximum absolute atomic E-state index is 5.82. The third-order valence-electron chi connectivity index (χ3n) is 3.13. The van der Waals surface area contributed by atoms with Crippen molar-refractivity contribution in [2.75, 3.05) is 36.8 Å². The highest BCUT2D eigenvalue weighted by Gasteiger charge is 2.14. The van der Waals surface area contributed by atoms with Crippen LogP contribution in [-0.2, 0) is 0 Å². The Morgan fingerprint density at radius 3 is 2.79 bits per heavy atom. The van der Waals surface area contributed by atoms with Gasteiger partial charge in [-0.15, -0.1) is 0 Å². The number of rotatable bonds is 2. The number of nitrogens with two attached hydrogens (primary N) is 1. The highest BCUT2D eigenvalue weighted by Crippen LogP contribution is 2.22. The van der Waals surface area contributed by atoms with Crippen LogP contribution in [0.15, 0.2) is 30.6 Å². The Balaban J connectivity index is 1.96. The quantitative estimate of drug-likeness (QED) is 0.816. The van der Waals surface area contributed by atoms with Crippen LogP contribution in [0, 0.1) is 0 Å². The molecule has 0 unspecified atom stereocenters. The predicted octanol–water partition coefficient (Wildman–Crippen LogP) is 0.530. The van der Waals surface area contributed by atoms with Gasteiger partial charge in [0, 0.05) is 50.2 Å². The fourth-order valence-electron chi connectivity index (χ4n) is 2.17. The number of piperazine rings is 1. The molecule has 0 aliphatic carbocycles. The van der Waals surface area contributed by atoms with Crippen LogP contribution in [-0.4, -0.2) is 41.1 Å². The van der Waals surface area contributed by atoms with Crippen molar-refractivity contribution in [3.05, 3.63) is 30.6 Å². The van der Waals surface area contributed by atoms with E-state index in [1.807, 2.05) is 18.2 Å². The lowest BCUT2D eigenvalue weighted by atomic mass is 10.2. The molecule has 3 heterocycles. The molecular weight excluding hydrogens is 240 g/mol. The largest absolute Gasteiger partial charge is 0.368 e. The minimum Gasteiger partial charge on any atom is -0.368 e. The summed E-state index contributed by atoms with van der Waals surface area (Å²) in [5.41, 5.74) is 7.58. The van der Waals surface area contributed by atoms with Crippen LogP contribution in [0.25, 0.3) is 11.3 Å². The molecule has 0 aromatic carbocycles. The standard InChI is InChI=1S/C13H16N6/c14-13-17-11(10-2-1-3-16-9-10)8-12(18-13)19-6-4-15-5-7-19/h1-3,8-9,15H,4-7H2,(H2,14,17,18). The number of pyridine rings is 1. The van der Waals surface area contributed by atoms with Crippen molar-refractivity contribution >= 4 is 11.8 Å². The van der Waals surface area contributed by atoms with Gasteiger partial charge in [-0.25, -0.2) is 4.98 Å². The van der Waals surface area contributed by atoms with Crippen molar-refractivity contribution < 1.29 is 0 Å². The Morgan fingerprint density at radius 1 is 1.21 bits per heavy atom. The Bertz CT molecular complexity index is 550. The zero-order valence-electron chi connectivity index (χ0n) is 10.6. The summed E-state index contributed by atoms with van der Waals surface area (Å²) in [6.07, 6.45) is 3.52. The lowest BCUT2D eigenvalue weighted by Crippen LogP contribution is -2.44. The molecule has 1 fully saturated rings. The van der Waals surface area contributed by atoms with Crippen LogP contribution < -0.4 is 16.0 Å². The van der Waals surface area contributed by atoms with E-state index in [9.17, 15) is 0 Å². The first kappa shape index (κ1) is 11.9. The van der Waals surface area contributed by atoms with Gasteiger partial charge >= 0.3 is 0 Å². The summed E-state index contributed by atoms with van der Waals surface area (Å²) in [6, 6.07) is 5.83. The van der Waals surface area contributed by atoms with E-state index in [4.69, 9.17) is 5.73 Å². The number of nitrogens with zero attached hydrogens (tertiary/aromatic N) is 4. The summed E-state index contributed by atoms with van der Waals surface area (Å²) in [5.74, 6) is 1.18. The summed E-state index contributed by atoms with van der Waals surface area (Å²) in [6.45, 7) is 3.80. The van der Waals surface area contributed by atoms with E-state index in [-0.39, 0.29) is 0 Å². The van der Waals surface area contributed by atoms with Crippen LogP contribution in [0.2, 0.25) is 0 Å². The van der Waals surface area contributed by atoms with E-state index in [0.717, 1.165) is 43.3 Å². The molecular formula is C13H16N6. The van der Waals surface area contributed by atoms with E-state index in [0.29, 0.717) is 5.95 Å². The first-order valence-electron chi connectivity index (χ1n) is 6.33. The van der Waals surface area contributed by atoms with E-state index in [1.165, 1.54) is 0 Å². The summed E-state index contributed by atoms with van der Waals surface area (Å²) in [4.78, 5) is 14.9. The van der Waals surface area contributed by atoms with Crippen molar-refractivity contribution in [3.8, 4) is 11.3 Å². The zero-order chi connectivity index (χ0) is 13.1. The Labute approximate surface area is 111 Å². The fraction of sp³-hybridized carbons (Fsp3) is 0.308. The second-order valence-corrected chi connectivity index (χ2v) is 4.45. The summed E-state index contributed by atoms with van der Waals surface area (Å²) < 4.78 is 0. The van der Waals surface area contributed by atoms with Crippen molar-refractivity contribution in [1.29, 1.82) is 0 Å². The van der Waals surface area contributed by atoms with Gasteiger partial charge < -0.3 is 16.0 Å². The number of nitrogen functional groups attached to an aromatic ring is 1. The van der Waals surface area contributed by atoms with Crippen molar-refractivity contribution in [2.45, 2.75) is 0 Å². The molecule has 3 rings (SSSR count). The zero-order valence-corrected chi connectivity index (χ0v) is 10.6. The molecule has 2 aromatic heterocycles. The SMILES string of the molecule is Nc1nc(-c2cccnc2)cc(N2CCNCC2)n1. The predicted molar refractivity (Wildman–Crippen MR) is 74.8 cm³/mol. The van der Waals surface area contributed by atoms with Crippen molar-refractivity contribution in [1.82, 2.24) is 20.3 Å². The molecule has 19 heavy (non-hydrogen) atoms. The maximum Gasteiger partial charge on any atom is 0.222 e. The highest BCUT2D eigenvalue weighted by molar-refractivity contribution is 5.63. The average molecular weight is 256 g/mol. The van der Waals surface area contributed by atoms with Gasteiger partial charge in [-0.2, -0.15) is 4.98 Å². The third kappa shape index (κ3) is 2.63. The molecule has 2 aromatic rings. The first-order chi connectivity index (χ1) is 9.33. The van der Waals surface area contributed by atoms with Crippen LogP contribution in [0.5, 0.6) is 0 Å². The number of aromatic nitrogens is 3. The maximum atomic E-state index is 5.82. The lowest BCUT2D eigenvalue weighted by molar-refractivity contribution is 0.585. The van der Waals surface area contributed by atoms with Crippen molar-refractivity contribution in [3.63, 3.8) is 0 Å². The Hall–Kier alpha value is -2.21. The first-order valence-corrected chi connectivity index (χ1v) is 6.33. The molecule has 0 atom stereocenters. The molecule has 0 spiro atoms. The van der Waals surface area contributed by atoms with Crippen LogP contribution in [0.3, 0.4) is 0 Å².